The number of hydrogen-bond acceptors (Lipinski definition) is 2. The summed E-state index contributed by atoms with van der Waals surface area (Å²) >= 11 is 0. The van der Waals surface area contributed by atoms with Crippen LogP contribution in [0.5, 0.6) is 0 Å². The minimum absolute atomic E-state index is 0.00615. The van der Waals surface area contributed by atoms with Crippen LogP contribution >= 0.6 is 0 Å². The van der Waals surface area contributed by atoms with Crippen molar-refractivity contribution in [3.8, 4) is 0 Å². The molecule has 1 aromatic rings. The van der Waals surface area contributed by atoms with Gasteiger partial charge in [-0.15, -0.1) is 0 Å². The second-order valence-electron chi connectivity index (χ2n) is 5.13. The Morgan fingerprint density at radius 1 is 1.44 bits per heavy atom. The summed E-state index contributed by atoms with van der Waals surface area (Å²) in [4.78, 5) is 0. The highest BCUT2D eigenvalue weighted by atomic mass is 16.7. The Balaban J connectivity index is 1.90. The van der Waals surface area contributed by atoms with E-state index in [2.05, 4.69) is 31.2 Å². The third-order valence-corrected chi connectivity index (χ3v) is 3.84. The summed E-state index contributed by atoms with van der Waals surface area (Å²) in [6.45, 7) is 5.07. The van der Waals surface area contributed by atoms with Gasteiger partial charge in [-0.1, -0.05) is 31.2 Å². The Kier molecular flexibility index (Phi) is 2.30. The number of fused-ring (bicyclic) bond motifs is 3. The SMILES string of the molecule is CCOC1C[C@@]2(C)Cc3ccccc3[C@H]2O1. The van der Waals surface area contributed by atoms with Crippen molar-refractivity contribution in [3.63, 3.8) is 0 Å². The minimum atomic E-state index is -0.00615. The second-order valence-corrected chi connectivity index (χ2v) is 5.13. The van der Waals surface area contributed by atoms with E-state index in [4.69, 9.17) is 9.47 Å². The van der Waals surface area contributed by atoms with Gasteiger partial charge in [-0.25, -0.2) is 0 Å². The highest BCUT2D eigenvalue weighted by molar-refractivity contribution is 5.37. The molecule has 1 fully saturated rings. The molecule has 2 nitrogen and oxygen atoms in total. The van der Waals surface area contributed by atoms with Gasteiger partial charge in [-0.05, 0) is 24.5 Å². The Hall–Kier alpha value is -0.860. The van der Waals surface area contributed by atoms with E-state index in [9.17, 15) is 0 Å². The maximum absolute atomic E-state index is 6.03. The molecule has 0 bridgehead atoms. The van der Waals surface area contributed by atoms with Gasteiger partial charge in [0.15, 0.2) is 6.29 Å². The molecular weight excluding hydrogens is 200 g/mol. The summed E-state index contributed by atoms with van der Waals surface area (Å²) in [6, 6.07) is 8.63. The van der Waals surface area contributed by atoms with Crippen LogP contribution in [0.3, 0.4) is 0 Å². The molecule has 3 rings (SSSR count). The van der Waals surface area contributed by atoms with Crippen molar-refractivity contribution in [2.75, 3.05) is 6.61 Å². The fourth-order valence-corrected chi connectivity index (χ4v) is 3.14. The number of ether oxygens (including phenoxy) is 2. The lowest BCUT2D eigenvalue weighted by molar-refractivity contribution is -0.132. The van der Waals surface area contributed by atoms with Gasteiger partial charge in [0.25, 0.3) is 0 Å². The van der Waals surface area contributed by atoms with Gasteiger partial charge in [0.2, 0.25) is 0 Å². The van der Waals surface area contributed by atoms with Crippen LogP contribution in [0.15, 0.2) is 24.3 Å². The third-order valence-electron chi connectivity index (χ3n) is 3.84. The van der Waals surface area contributed by atoms with Crippen LogP contribution in [-0.2, 0) is 15.9 Å². The molecule has 1 heterocycles. The first-order valence-electron chi connectivity index (χ1n) is 6.08. The van der Waals surface area contributed by atoms with Crippen molar-refractivity contribution in [1.29, 1.82) is 0 Å². The Labute approximate surface area is 96.6 Å². The molecule has 0 N–H and O–H groups in total. The van der Waals surface area contributed by atoms with E-state index < -0.39 is 0 Å². The van der Waals surface area contributed by atoms with E-state index in [1.54, 1.807) is 0 Å². The van der Waals surface area contributed by atoms with Gasteiger partial charge < -0.3 is 9.47 Å². The average molecular weight is 218 g/mol. The van der Waals surface area contributed by atoms with Crippen LogP contribution < -0.4 is 0 Å². The van der Waals surface area contributed by atoms with E-state index >= 15 is 0 Å². The average Bonchev–Trinajstić information content (AvgIpc) is 2.68. The van der Waals surface area contributed by atoms with Crippen molar-refractivity contribution >= 4 is 0 Å². The van der Waals surface area contributed by atoms with E-state index in [-0.39, 0.29) is 17.8 Å². The minimum Gasteiger partial charge on any atom is -0.353 e. The van der Waals surface area contributed by atoms with Gasteiger partial charge >= 0.3 is 0 Å². The second kappa shape index (κ2) is 3.57. The van der Waals surface area contributed by atoms with Gasteiger partial charge in [0.1, 0.15) is 0 Å². The largest absolute Gasteiger partial charge is 0.353 e. The van der Waals surface area contributed by atoms with Crippen LogP contribution in [0.4, 0.5) is 0 Å². The summed E-state index contributed by atoms with van der Waals surface area (Å²) < 4.78 is 11.6. The van der Waals surface area contributed by atoms with E-state index in [1.807, 2.05) is 6.92 Å². The first kappa shape index (κ1) is 10.3. The van der Waals surface area contributed by atoms with Crippen LogP contribution in [-0.4, -0.2) is 12.9 Å². The standard InChI is InChI=1S/C14H18O2/c1-3-15-12-9-14(2)8-10-6-4-5-7-11(10)13(14)16-12/h4-7,12-13H,3,8-9H2,1-2H3/t12?,13-,14-/m1/s1. The highest BCUT2D eigenvalue weighted by Crippen LogP contribution is 2.55. The fraction of sp³-hybridized carbons (Fsp3) is 0.571. The summed E-state index contributed by atoms with van der Waals surface area (Å²) in [5, 5.41) is 0. The molecule has 2 aliphatic rings. The highest BCUT2D eigenvalue weighted by Gasteiger charge is 2.50. The molecular formula is C14H18O2. The van der Waals surface area contributed by atoms with Crippen molar-refractivity contribution in [2.24, 2.45) is 5.41 Å². The van der Waals surface area contributed by atoms with E-state index in [1.165, 1.54) is 11.1 Å². The molecule has 0 amide bonds. The predicted octanol–water partition coefficient (Wildman–Crippen LogP) is 3.07. The quantitative estimate of drug-likeness (QED) is 0.759. The lowest BCUT2D eigenvalue weighted by atomic mass is 9.83. The zero-order chi connectivity index (χ0) is 11.2. The van der Waals surface area contributed by atoms with Crippen LogP contribution in [0.2, 0.25) is 0 Å². The molecule has 3 atom stereocenters. The Morgan fingerprint density at radius 3 is 3.06 bits per heavy atom. The molecule has 2 heteroatoms. The van der Waals surface area contributed by atoms with Crippen LogP contribution in [0.1, 0.15) is 37.5 Å². The Morgan fingerprint density at radius 2 is 2.25 bits per heavy atom. The first-order valence-corrected chi connectivity index (χ1v) is 6.08. The smallest absolute Gasteiger partial charge is 0.159 e. The normalized spacial score (nSPS) is 36.1. The molecule has 1 aliphatic heterocycles. The summed E-state index contributed by atoms with van der Waals surface area (Å²) in [7, 11) is 0. The summed E-state index contributed by atoms with van der Waals surface area (Å²) in [6.07, 6.45) is 2.37. The van der Waals surface area contributed by atoms with Gasteiger partial charge in [0.05, 0.1) is 6.10 Å². The van der Waals surface area contributed by atoms with Gasteiger partial charge in [-0.3, -0.25) is 0 Å². The maximum atomic E-state index is 6.03. The van der Waals surface area contributed by atoms with Crippen molar-refractivity contribution in [1.82, 2.24) is 0 Å². The fourth-order valence-electron chi connectivity index (χ4n) is 3.14. The van der Waals surface area contributed by atoms with Crippen LogP contribution in [0.25, 0.3) is 0 Å². The van der Waals surface area contributed by atoms with E-state index in [0.29, 0.717) is 0 Å². The van der Waals surface area contributed by atoms with Gasteiger partial charge in [0, 0.05) is 18.4 Å². The third kappa shape index (κ3) is 1.40. The molecule has 16 heavy (non-hydrogen) atoms. The first-order chi connectivity index (χ1) is 7.73. The molecule has 86 valence electrons. The van der Waals surface area contributed by atoms with Gasteiger partial charge in [-0.2, -0.15) is 0 Å². The van der Waals surface area contributed by atoms with Crippen molar-refractivity contribution < 1.29 is 9.47 Å². The topological polar surface area (TPSA) is 18.5 Å². The van der Waals surface area contributed by atoms with E-state index in [0.717, 1.165) is 19.4 Å². The van der Waals surface area contributed by atoms with Crippen molar-refractivity contribution in [2.45, 2.75) is 39.1 Å². The zero-order valence-electron chi connectivity index (χ0n) is 9.90. The lowest BCUT2D eigenvalue weighted by Gasteiger charge is -2.20. The molecule has 0 saturated carbocycles. The molecule has 1 saturated heterocycles. The molecule has 1 unspecified atom stereocenters. The number of hydrogen-bond donors (Lipinski definition) is 0. The molecule has 0 aromatic heterocycles. The monoisotopic (exact) mass is 218 g/mol. The molecule has 0 radical (unpaired) electrons. The lowest BCUT2D eigenvalue weighted by Crippen LogP contribution is -2.17. The predicted molar refractivity (Wildman–Crippen MR) is 62.1 cm³/mol. The molecule has 1 aromatic carbocycles. The number of rotatable bonds is 2. The summed E-state index contributed by atoms with van der Waals surface area (Å²) in [5.74, 6) is 0. The number of benzene rings is 1. The Bertz CT molecular complexity index is 401. The molecule has 0 spiro atoms. The maximum Gasteiger partial charge on any atom is 0.159 e. The zero-order valence-corrected chi connectivity index (χ0v) is 9.90. The van der Waals surface area contributed by atoms with Crippen molar-refractivity contribution in [3.05, 3.63) is 35.4 Å². The molecule has 1 aliphatic carbocycles. The van der Waals surface area contributed by atoms with Crippen LogP contribution in [0, 0.1) is 5.41 Å². The summed E-state index contributed by atoms with van der Waals surface area (Å²) in [5.41, 5.74) is 3.06.